The summed E-state index contributed by atoms with van der Waals surface area (Å²) < 4.78 is 13.5. The highest BCUT2D eigenvalue weighted by molar-refractivity contribution is 6.35. The molecule has 3 amide bonds. The van der Waals surface area contributed by atoms with Gasteiger partial charge in [-0.1, -0.05) is 41.4 Å². The maximum Gasteiger partial charge on any atom is 0.326 e. The molecule has 0 heterocycles. The predicted molar refractivity (Wildman–Crippen MR) is 95.5 cm³/mol. The lowest BCUT2D eigenvalue weighted by Gasteiger charge is -2.15. The van der Waals surface area contributed by atoms with Crippen LogP contribution in [-0.4, -0.2) is 25.5 Å². The number of urea groups is 1. The van der Waals surface area contributed by atoms with E-state index in [0.717, 1.165) is 10.5 Å². The molecule has 5 nitrogen and oxygen atoms in total. The highest BCUT2D eigenvalue weighted by atomic mass is 35.5. The quantitative estimate of drug-likeness (QED) is 0.741. The number of carbonyl (C=O) groups is 2. The van der Waals surface area contributed by atoms with E-state index in [9.17, 15) is 14.0 Å². The molecule has 2 rings (SSSR count). The van der Waals surface area contributed by atoms with Crippen molar-refractivity contribution < 1.29 is 18.9 Å². The minimum Gasteiger partial charge on any atom is -0.326 e. The lowest BCUT2D eigenvalue weighted by molar-refractivity contribution is -0.885. The molecule has 132 valence electrons. The van der Waals surface area contributed by atoms with Gasteiger partial charge in [0, 0.05) is 10.6 Å². The van der Waals surface area contributed by atoms with Crippen LogP contribution in [0, 0.1) is 5.82 Å². The fraction of sp³-hybridized carbons (Fsp3) is 0.176. The minimum absolute atomic E-state index is 0.00134. The Labute approximate surface area is 154 Å². The van der Waals surface area contributed by atoms with Crippen LogP contribution < -0.4 is 15.5 Å². The van der Waals surface area contributed by atoms with Crippen LogP contribution in [0.4, 0.5) is 14.9 Å². The molecule has 1 unspecified atom stereocenters. The number of benzene rings is 2. The van der Waals surface area contributed by atoms with E-state index in [0.29, 0.717) is 16.6 Å². The molecule has 0 aromatic heterocycles. The van der Waals surface area contributed by atoms with Crippen LogP contribution in [-0.2, 0) is 11.3 Å². The molecule has 1 atom stereocenters. The second kappa shape index (κ2) is 8.80. The zero-order valence-corrected chi connectivity index (χ0v) is 14.9. The summed E-state index contributed by atoms with van der Waals surface area (Å²) in [5.41, 5.74) is 0.841. The van der Waals surface area contributed by atoms with Gasteiger partial charge in [-0.15, -0.1) is 0 Å². The summed E-state index contributed by atoms with van der Waals surface area (Å²) in [6.45, 7) is 0.530. The van der Waals surface area contributed by atoms with E-state index < -0.39 is 17.8 Å². The lowest BCUT2D eigenvalue weighted by atomic mass is 10.2. The van der Waals surface area contributed by atoms with Crippen molar-refractivity contribution in [2.75, 3.05) is 18.9 Å². The van der Waals surface area contributed by atoms with Crippen molar-refractivity contribution in [2.24, 2.45) is 0 Å². The minimum atomic E-state index is -0.785. The van der Waals surface area contributed by atoms with E-state index in [1.807, 2.05) is 0 Å². The molecule has 0 spiro atoms. The van der Waals surface area contributed by atoms with Gasteiger partial charge in [0.05, 0.1) is 17.8 Å². The van der Waals surface area contributed by atoms with Crippen molar-refractivity contribution in [2.45, 2.75) is 6.54 Å². The monoisotopic (exact) mass is 384 g/mol. The number of nitrogens with one attached hydrogen (secondary N) is 3. The lowest BCUT2D eigenvalue weighted by Crippen LogP contribution is -3.09. The topological polar surface area (TPSA) is 62.6 Å². The Balaban J connectivity index is 1.84. The molecular weight excluding hydrogens is 368 g/mol. The number of amides is 3. The first-order chi connectivity index (χ1) is 11.8. The van der Waals surface area contributed by atoms with E-state index >= 15 is 0 Å². The Kier molecular flexibility index (Phi) is 6.75. The molecule has 0 saturated carbocycles. The van der Waals surface area contributed by atoms with Gasteiger partial charge in [0.25, 0.3) is 5.91 Å². The van der Waals surface area contributed by atoms with Crippen LogP contribution in [0.2, 0.25) is 10.0 Å². The molecule has 0 aliphatic heterocycles. The molecule has 0 aliphatic carbocycles. The highest BCUT2D eigenvalue weighted by Gasteiger charge is 2.15. The number of anilines is 1. The average molecular weight is 385 g/mol. The number of quaternary nitrogens is 1. The van der Waals surface area contributed by atoms with Gasteiger partial charge in [-0.2, -0.15) is 0 Å². The Hall–Kier alpha value is -2.15. The second-order valence-electron chi connectivity index (χ2n) is 5.53. The number of hydrogen-bond donors (Lipinski definition) is 3. The first kappa shape index (κ1) is 19.2. The van der Waals surface area contributed by atoms with E-state index in [4.69, 9.17) is 23.2 Å². The van der Waals surface area contributed by atoms with Crippen molar-refractivity contribution in [3.05, 3.63) is 63.9 Å². The van der Waals surface area contributed by atoms with Crippen molar-refractivity contribution >= 4 is 40.8 Å². The third-order valence-corrected chi connectivity index (χ3v) is 3.93. The number of carbonyl (C=O) groups excluding carboxylic acids is 2. The zero-order chi connectivity index (χ0) is 18.4. The van der Waals surface area contributed by atoms with Gasteiger partial charge in [0.2, 0.25) is 0 Å². The van der Waals surface area contributed by atoms with Crippen LogP contribution in [0.15, 0.2) is 42.5 Å². The smallest absolute Gasteiger partial charge is 0.326 e. The average Bonchev–Trinajstić information content (AvgIpc) is 2.52. The number of imide groups is 1. The number of para-hydroxylation sites is 1. The Morgan fingerprint density at radius 3 is 2.56 bits per heavy atom. The molecule has 2 aromatic rings. The van der Waals surface area contributed by atoms with Crippen molar-refractivity contribution in [1.29, 1.82) is 0 Å². The first-order valence-electron chi connectivity index (χ1n) is 7.45. The summed E-state index contributed by atoms with van der Waals surface area (Å²) in [5.74, 6) is -1.07. The molecule has 3 N–H and O–H groups in total. The molecule has 0 radical (unpaired) electrons. The molecule has 0 aliphatic rings. The molecule has 2 aromatic carbocycles. The van der Waals surface area contributed by atoms with Crippen molar-refractivity contribution in [3.63, 3.8) is 0 Å². The Morgan fingerprint density at radius 1 is 1.16 bits per heavy atom. The van der Waals surface area contributed by atoms with Crippen LogP contribution in [0.3, 0.4) is 0 Å². The maximum absolute atomic E-state index is 13.5. The largest absolute Gasteiger partial charge is 0.326 e. The fourth-order valence-electron chi connectivity index (χ4n) is 2.21. The van der Waals surface area contributed by atoms with Crippen LogP contribution >= 0.6 is 23.2 Å². The molecule has 0 bridgehead atoms. The van der Waals surface area contributed by atoms with Gasteiger partial charge < -0.3 is 10.2 Å². The first-order valence-corrected chi connectivity index (χ1v) is 8.21. The van der Waals surface area contributed by atoms with Crippen molar-refractivity contribution in [1.82, 2.24) is 5.32 Å². The molecule has 8 heteroatoms. The van der Waals surface area contributed by atoms with E-state index in [1.54, 1.807) is 31.3 Å². The van der Waals surface area contributed by atoms with Crippen LogP contribution in [0.1, 0.15) is 5.56 Å². The van der Waals surface area contributed by atoms with Gasteiger partial charge in [-0.3, -0.25) is 10.1 Å². The van der Waals surface area contributed by atoms with Gasteiger partial charge in [-0.25, -0.2) is 9.18 Å². The summed E-state index contributed by atoms with van der Waals surface area (Å²) in [5, 5.41) is 5.51. The number of likely N-dealkylation sites (N-methyl/N-ethyl adjacent to an activating group) is 1. The van der Waals surface area contributed by atoms with E-state index in [-0.39, 0.29) is 12.2 Å². The van der Waals surface area contributed by atoms with E-state index in [1.165, 1.54) is 18.2 Å². The maximum atomic E-state index is 13.5. The Morgan fingerprint density at radius 2 is 1.88 bits per heavy atom. The third-order valence-electron chi connectivity index (χ3n) is 3.34. The predicted octanol–water partition coefficient (Wildman–Crippen LogP) is 2.50. The normalized spacial score (nSPS) is 11.7. The summed E-state index contributed by atoms with van der Waals surface area (Å²) in [6, 6.07) is 10.1. The highest BCUT2D eigenvalue weighted by Crippen LogP contribution is 2.20. The standard InChI is InChI=1S/C17H16Cl2FN3O2/c1-23(9-11-6-7-12(18)8-13(11)19)10-16(24)22-17(25)21-15-5-3-2-4-14(15)20/h2-8H,9-10H2,1H3,(H2,21,22,24,25)/p+1. The molecule has 0 fully saturated rings. The molecular formula is C17H17Cl2FN3O2+. The molecule has 25 heavy (non-hydrogen) atoms. The third kappa shape index (κ3) is 6.01. The van der Waals surface area contributed by atoms with Crippen LogP contribution in [0.5, 0.6) is 0 Å². The molecule has 0 saturated heterocycles. The van der Waals surface area contributed by atoms with Crippen LogP contribution in [0.25, 0.3) is 0 Å². The van der Waals surface area contributed by atoms with Gasteiger partial charge in [-0.05, 0) is 24.3 Å². The number of hydrogen-bond acceptors (Lipinski definition) is 2. The van der Waals surface area contributed by atoms with Crippen molar-refractivity contribution in [3.8, 4) is 0 Å². The fourth-order valence-corrected chi connectivity index (χ4v) is 2.69. The SMILES string of the molecule is C[NH+](CC(=O)NC(=O)Nc1ccccc1F)Cc1ccc(Cl)cc1Cl. The van der Waals surface area contributed by atoms with E-state index in [2.05, 4.69) is 10.6 Å². The number of rotatable bonds is 5. The summed E-state index contributed by atoms with van der Waals surface area (Å²) in [7, 11) is 1.79. The summed E-state index contributed by atoms with van der Waals surface area (Å²) in [6.07, 6.45) is 0. The van der Waals surface area contributed by atoms with Gasteiger partial charge >= 0.3 is 6.03 Å². The Bertz CT molecular complexity index is 786. The summed E-state index contributed by atoms with van der Waals surface area (Å²) in [4.78, 5) is 24.5. The second-order valence-corrected chi connectivity index (χ2v) is 6.37. The number of halogens is 3. The van der Waals surface area contributed by atoms with Gasteiger partial charge in [0.1, 0.15) is 12.4 Å². The zero-order valence-electron chi connectivity index (χ0n) is 13.4. The van der Waals surface area contributed by atoms with Gasteiger partial charge in [0.15, 0.2) is 6.54 Å². The summed E-state index contributed by atoms with van der Waals surface area (Å²) >= 11 is 11.9.